The van der Waals surface area contributed by atoms with Crippen LogP contribution in [0.5, 0.6) is 0 Å². The van der Waals surface area contributed by atoms with Gasteiger partial charge >= 0.3 is 5.97 Å². The molecule has 1 atom stereocenters. The molecule has 0 radical (unpaired) electrons. The predicted molar refractivity (Wildman–Crippen MR) is 85.3 cm³/mol. The Bertz CT molecular complexity index is 936. The van der Waals surface area contributed by atoms with Crippen LogP contribution < -0.4 is 0 Å². The van der Waals surface area contributed by atoms with Crippen molar-refractivity contribution in [1.82, 2.24) is 14.5 Å². The number of hydrogen-bond acceptors (Lipinski definition) is 3. The van der Waals surface area contributed by atoms with E-state index in [1.165, 1.54) is 24.4 Å². The fourth-order valence-corrected chi connectivity index (χ4v) is 3.24. The average Bonchev–Trinajstić information content (AvgIpc) is 3.22. The summed E-state index contributed by atoms with van der Waals surface area (Å²) in [5.74, 6) is -1.16. The molecule has 2 heterocycles. The second kappa shape index (κ2) is 5.56. The van der Waals surface area contributed by atoms with E-state index < -0.39 is 5.97 Å². The fraction of sp³-hybridized carbons (Fsp3) is 0.167. The Morgan fingerprint density at radius 1 is 1.25 bits per heavy atom. The molecule has 24 heavy (non-hydrogen) atoms. The van der Waals surface area contributed by atoms with Crippen LogP contribution in [0.2, 0.25) is 0 Å². The van der Waals surface area contributed by atoms with Gasteiger partial charge in [0, 0.05) is 12.4 Å². The van der Waals surface area contributed by atoms with Crippen molar-refractivity contribution in [3.63, 3.8) is 0 Å². The minimum Gasteiger partial charge on any atom is -0.478 e. The number of benzene rings is 1. The molecule has 0 saturated heterocycles. The third-order valence-electron chi connectivity index (χ3n) is 4.41. The summed E-state index contributed by atoms with van der Waals surface area (Å²) in [6.45, 7) is 0. The van der Waals surface area contributed by atoms with Crippen LogP contribution in [-0.4, -0.2) is 25.6 Å². The van der Waals surface area contributed by atoms with Gasteiger partial charge in [0.2, 0.25) is 0 Å². The number of fused-ring (bicyclic) bond motifs is 1. The Balaban J connectivity index is 1.69. The molecule has 1 aromatic carbocycles. The minimum absolute atomic E-state index is 0.0413. The quantitative estimate of drug-likeness (QED) is 0.803. The number of carboxylic acids is 1. The van der Waals surface area contributed by atoms with E-state index in [4.69, 9.17) is 5.11 Å². The first-order chi connectivity index (χ1) is 11.6. The number of pyridine rings is 1. The largest absolute Gasteiger partial charge is 0.478 e. The summed E-state index contributed by atoms with van der Waals surface area (Å²) in [6, 6.07) is 8.14. The molecule has 6 heteroatoms. The Labute approximate surface area is 137 Å². The molecule has 0 bridgehead atoms. The van der Waals surface area contributed by atoms with Gasteiger partial charge in [0.1, 0.15) is 11.5 Å². The van der Waals surface area contributed by atoms with Crippen molar-refractivity contribution in [2.24, 2.45) is 0 Å². The molecule has 0 spiro atoms. The third kappa shape index (κ3) is 2.36. The van der Waals surface area contributed by atoms with E-state index in [9.17, 15) is 9.18 Å². The highest BCUT2D eigenvalue weighted by molar-refractivity contribution is 5.88. The van der Waals surface area contributed by atoms with Crippen LogP contribution in [0.1, 0.15) is 33.9 Å². The number of aromatic carboxylic acids is 1. The molecule has 1 aliphatic carbocycles. The maximum Gasteiger partial charge on any atom is 0.335 e. The molecule has 2 aromatic heterocycles. The van der Waals surface area contributed by atoms with E-state index in [1.807, 2.05) is 16.8 Å². The van der Waals surface area contributed by atoms with Gasteiger partial charge < -0.3 is 9.67 Å². The van der Waals surface area contributed by atoms with Crippen LogP contribution in [0.4, 0.5) is 4.39 Å². The summed E-state index contributed by atoms with van der Waals surface area (Å²) >= 11 is 0. The van der Waals surface area contributed by atoms with Crippen LogP contribution in [0.15, 0.2) is 49.1 Å². The molecule has 5 nitrogen and oxygen atoms in total. The van der Waals surface area contributed by atoms with E-state index in [2.05, 4.69) is 9.97 Å². The molecule has 0 aliphatic heterocycles. The molecule has 1 unspecified atom stereocenters. The molecule has 4 rings (SSSR count). The van der Waals surface area contributed by atoms with Crippen LogP contribution in [0.3, 0.4) is 0 Å². The van der Waals surface area contributed by atoms with Gasteiger partial charge in [-0.2, -0.15) is 0 Å². The number of hydrogen-bond donors (Lipinski definition) is 1. The Hall–Kier alpha value is -3.02. The van der Waals surface area contributed by atoms with E-state index in [0.717, 1.165) is 17.5 Å². The predicted octanol–water partition coefficient (Wildman–Crippen LogP) is 3.32. The molecular formula is C18H14FN3O2. The topological polar surface area (TPSA) is 68.0 Å². The zero-order valence-corrected chi connectivity index (χ0v) is 12.7. The number of rotatable bonds is 3. The van der Waals surface area contributed by atoms with Gasteiger partial charge in [0.15, 0.2) is 0 Å². The highest BCUT2D eigenvalue weighted by atomic mass is 19.1. The smallest absolute Gasteiger partial charge is 0.335 e. The molecule has 0 fully saturated rings. The van der Waals surface area contributed by atoms with Gasteiger partial charge in [-0.05, 0) is 42.2 Å². The Kier molecular flexibility index (Phi) is 3.37. The second-order valence-electron chi connectivity index (χ2n) is 5.80. The third-order valence-corrected chi connectivity index (χ3v) is 4.41. The summed E-state index contributed by atoms with van der Waals surface area (Å²) < 4.78 is 15.8. The Morgan fingerprint density at radius 3 is 2.96 bits per heavy atom. The van der Waals surface area contributed by atoms with Gasteiger partial charge in [-0.3, -0.25) is 4.98 Å². The van der Waals surface area contributed by atoms with E-state index in [0.29, 0.717) is 17.8 Å². The SMILES string of the molecule is O=C(O)c1ccnc(-c2cn(C3CCc4c(F)cccc43)cn2)c1. The van der Waals surface area contributed by atoms with Gasteiger partial charge in [0.05, 0.1) is 23.6 Å². The number of carbonyl (C=O) groups is 1. The van der Waals surface area contributed by atoms with Crippen LogP contribution >= 0.6 is 0 Å². The maximum atomic E-state index is 13.9. The fourth-order valence-electron chi connectivity index (χ4n) is 3.24. The van der Waals surface area contributed by atoms with Crippen molar-refractivity contribution in [2.75, 3.05) is 0 Å². The number of imidazole rings is 1. The summed E-state index contributed by atoms with van der Waals surface area (Å²) in [5.41, 5.74) is 3.02. The van der Waals surface area contributed by atoms with Crippen molar-refractivity contribution in [1.29, 1.82) is 0 Å². The van der Waals surface area contributed by atoms with Crippen molar-refractivity contribution in [3.8, 4) is 11.4 Å². The van der Waals surface area contributed by atoms with E-state index >= 15 is 0 Å². The minimum atomic E-state index is -1.00. The lowest BCUT2D eigenvalue weighted by Crippen LogP contribution is -2.04. The summed E-state index contributed by atoms with van der Waals surface area (Å²) in [7, 11) is 0. The number of aromatic nitrogens is 3. The van der Waals surface area contributed by atoms with Gasteiger partial charge in [-0.15, -0.1) is 0 Å². The summed E-state index contributed by atoms with van der Waals surface area (Å²) in [5, 5.41) is 9.08. The molecule has 120 valence electrons. The van der Waals surface area contributed by atoms with E-state index in [1.54, 1.807) is 12.4 Å². The highest BCUT2D eigenvalue weighted by Crippen LogP contribution is 2.36. The summed E-state index contributed by atoms with van der Waals surface area (Å²) in [4.78, 5) is 19.6. The lowest BCUT2D eigenvalue weighted by molar-refractivity contribution is 0.0697. The Morgan fingerprint density at radius 2 is 2.12 bits per heavy atom. The van der Waals surface area contributed by atoms with Crippen LogP contribution in [-0.2, 0) is 6.42 Å². The zero-order chi connectivity index (χ0) is 16.7. The van der Waals surface area contributed by atoms with Gasteiger partial charge in [0.25, 0.3) is 0 Å². The average molecular weight is 323 g/mol. The first-order valence-electron chi connectivity index (χ1n) is 7.64. The van der Waals surface area contributed by atoms with Crippen molar-refractivity contribution >= 4 is 5.97 Å². The lowest BCUT2D eigenvalue weighted by Gasteiger charge is -2.13. The van der Waals surface area contributed by atoms with Crippen molar-refractivity contribution in [2.45, 2.75) is 18.9 Å². The van der Waals surface area contributed by atoms with Crippen LogP contribution in [0.25, 0.3) is 11.4 Å². The number of halogens is 1. The standard InChI is InChI=1S/C18H14FN3O2/c19-14-3-1-2-13-12(14)4-5-17(13)22-9-16(21-10-22)15-8-11(18(23)24)6-7-20-15/h1-3,6-10,17H,4-5H2,(H,23,24). The molecule has 1 aliphatic rings. The zero-order valence-electron chi connectivity index (χ0n) is 12.7. The molecule has 0 amide bonds. The lowest BCUT2D eigenvalue weighted by atomic mass is 10.1. The van der Waals surface area contributed by atoms with Gasteiger partial charge in [-0.25, -0.2) is 14.2 Å². The van der Waals surface area contributed by atoms with Gasteiger partial charge in [-0.1, -0.05) is 12.1 Å². The van der Waals surface area contributed by atoms with Crippen molar-refractivity contribution in [3.05, 3.63) is 71.6 Å². The molecule has 3 aromatic rings. The number of nitrogens with zero attached hydrogens (tertiary/aromatic N) is 3. The number of carboxylic acid groups (broad SMARTS) is 1. The van der Waals surface area contributed by atoms with Crippen LogP contribution in [0, 0.1) is 5.82 Å². The molecule has 1 N–H and O–H groups in total. The maximum absolute atomic E-state index is 13.9. The summed E-state index contributed by atoms with van der Waals surface area (Å²) in [6.07, 6.45) is 6.49. The highest BCUT2D eigenvalue weighted by Gasteiger charge is 2.26. The first kappa shape index (κ1) is 14.6. The second-order valence-corrected chi connectivity index (χ2v) is 5.80. The monoisotopic (exact) mass is 323 g/mol. The first-order valence-corrected chi connectivity index (χ1v) is 7.64. The van der Waals surface area contributed by atoms with E-state index in [-0.39, 0.29) is 17.4 Å². The molecular weight excluding hydrogens is 309 g/mol. The normalized spacial score (nSPS) is 16.1. The van der Waals surface area contributed by atoms with Crippen molar-refractivity contribution < 1.29 is 14.3 Å². The molecule has 0 saturated carbocycles.